The minimum atomic E-state index is -0.262. The van der Waals surface area contributed by atoms with Crippen molar-refractivity contribution in [2.75, 3.05) is 13.1 Å². The van der Waals surface area contributed by atoms with Gasteiger partial charge in [-0.3, -0.25) is 23.7 Å². The van der Waals surface area contributed by atoms with Gasteiger partial charge in [0.2, 0.25) is 5.91 Å². The van der Waals surface area contributed by atoms with Crippen LogP contribution in [0.25, 0.3) is 11.0 Å². The summed E-state index contributed by atoms with van der Waals surface area (Å²) in [5, 5.41) is 7.42. The Hall–Kier alpha value is -3.00. The van der Waals surface area contributed by atoms with Crippen LogP contribution in [0.3, 0.4) is 0 Å². The number of amides is 1. The molecule has 0 radical (unpaired) electrons. The molecule has 2 aromatic heterocycles. The molecule has 0 bridgehead atoms. The molecule has 0 unspecified atom stereocenters. The van der Waals surface area contributed by atoms with Gasteiger partial charge >= 0.3 is 0 Å². The Morgan fingerprint density at radius 2 is 1.87 bits per heavy atom. The highest BCUT2D eigenvalue weighted by atomic mass is 16.2. The lowest BCUT2D eigenvalue weighted by molar-refractivity contribution is -0.121. The van der Waals surface area contributed by atoms with Gasteiger partial charge in [0.15, 0.2) is 5.65 Å². The molecule has 0 spiro atoms. The van der Waals surface area contributed by atoms with Gasteiger partial charge in [-0.1, -0.05) is 38.1 Å². The minimum Gasteiger partial charge on any atom is -0.350 e. The lowest BCUT2D eigenvalue weighted by Crippen LogP contribution is -2.38. The number of piperidine rings is 1. The van der Waals surface area contributed by atoms with Crippen LogP contribution in [0.5, 0.6) is 0 Å². The van der Waals surface area contributed by atoms with Gasteiger partial charge in [-0.15, -0.1) is 0 Å². The number of aryl methyl sites for hydroxylation is 1. The van der Waals surface area contributed by atoms with Crippen LogP contribution in [0, 0.1) is 11.8 Å². The predicted molar refractivity (Wildman–Crippen MR) is 119 cm³/mol. The van der Waals surface area contributed by atoms with Crippen LogP contribution in [0.1, 0.15) is 31.4 Å². The molecule has 1 aromatic carbocycles. The second-order valence-corrected chi connectivity index (χ2v) is 8.87. The maximum Gasteiger partial charge on any atom is 0.264 e. The summed E-state index contributed by atoms with van der Waals surface area (Å²) in [6.07, 6.45) is 4.17. The summed E-state index contributed by atoms with van der Waals surface area (Å²) >= 11 is 0. The molecule has 0 aliphatic carbocycles. The van der Waals surface area contributed by atoms with Gasteiger partial charge in [-0.25, -0.2) is 4.98 Å². The van der Waals surface area contributed by atoms with E-state index in [1.807, 2.05) is 12.1 Å². The first kappa shape index (κ1) is 21.2. The first-order valence-corrected chi connectivity index (χ1v) is 10.8. The number of fused-ring (bicyclic) bond motifs is 1. The Balaban J connectivity index is 1.40. The van der Waals surface area contributed by atoms with Crippen molar-refractivity contribution >= 4 is 16.9 Å². The Morgan fingerprint density at radius 3 is 2.61 bits per heavy atom. The van der Waals surface area contributed by atoms with E-state index in [0.29, 0.717) is 29.4 Å². The Kier molecular flexibility index (Phi) is 6.18. The molecule has 3 heterocycles. The number of nitrogens with one attached hydrogen (secondary N) is 1. The summed E-state index contributed by atoms with van der Waals surface area (Å²) in [5.74, 6) is 1.20. The Bertz CT molecular complexity index is 1120. The largest absolute Gasteiger partial charge is 0.350 e. The SMILES string of the molecule is C[C@@H]1C[C@H](C)CN(Cc2ccccc2CNC(=O)Cn2cnc3c(cnn3C)c2=O)C1. The summed E-state index contributed by atoms with van der Waals surface area (Å²) in [7, 11) is 1.73. The molecular weight excluding hydrogens is 392 g/mol. The molecule has 1 aliphatic heterocycles. The molecule has 1 amide bonds. The number of benzene rings is 1. The number of nitrogens with zero attached hydrogens (tertiary/aromatic N) is 5. The standard InChI is InChI=1S/C23H30N6O2/c1-16-8-17(2)12-28(11-16)13-19-7-5-4-6-18(19)9-24-21(30)14-29-15-25-22-20(23(29)31)10-26-27(22)3/h4-7,10,15-17H,8-9,11-14H2,1-3H3,(H,24,30)/t16-,17+. The lowest BCUT2D eigenvalue weighted by Gasteiger charge is -2.35. The van der Waals surface area contributed by atoms with E-state index >= 15 is 0 Å². The third-order valence-corrected chi connectivity index (χ3v) is 5.96. The maximum absolute atomic E-state index is 12.6. The summed E-state index contributed by atoms with van der Waals surface area (Å²) < 4.78 is 2.86. The summed E-state index contributed by atoms with van der Waals surface area (Å²) in [5.41, 5.74) is 2.59. The molecule has 8 heteroatoms. The van der Waals surface area contributed by atoms with Crippen LogP contribution in [0.2, 0.25) is 0 Å². The first-order chi connectivity index (χ1) is 14.9. The Labute approximate surface area is 181 Å². The van der Waals surface area contributed by atoms with E-state index in [1.54, 1.807) is 11.7 Å². The van der Waals surface area contributed by atoms with Crippen LogP contribution in [-0.4, -0.2) is 43.2 Å². The van der Waals surface area contributed by atoms with Gasteiger partial charge in [-0.2, -0.15) is 5.10 Å². The number of hydrogen-bond acceptors (Lipinski definition) is 5. The maximum atomic E-state index is 12.6. The number of likely N-dealkylation sites (tertiary alicyclic amines) is 1. The number of aromatic nitrogens is 4. The Morgan fingerprint density at radius 1 is 1.16 bits per heavy atom. The van der Waals surface area contributed by atoms with Crippen LogP contribution in [0.15, 0.2) is 41.6 Å². The molecule has 31 heavy (non-hydrogen) atoms. The summed E-state index contributed by atoms with van der Waals surface area (Å²) in [4.78, 5) is 31.9. The van der Waals surface area contributed by atoms with Crippen molar-refractivity contribution in [1.82, 2.24) is 29.5 Å². The molecule has 1 aliphatic rings. The molecule has 1 saturated heterocycles. The lowest BCUT2D eigenvalue weighted by atomic mass is 9.91. The van der Waals surface area contributed by atoms with Crippen molar-refractivity contribution in [3.63, 3.8) is 0 Å². The molecule has 2 atom stereocenters. The summed E-state index contributed by atoms with van der Waals surface area (Å²) in [6.45, 7) is 8.10. The zero-order chi connectivity index (χ0) is 22.0. The first-order valence-electron chi connectivity index (χ1n) is 10.8. The van der Waals surface area contributed by atoms with E-state index in [4.69, 9.17) is 0 Å². The second kappa shape index (κ2) is 9.01. The zero-order valence-corrected chi connectivity index (χ0v) is 18.4. The third-order valence-electron chi connectivity index (χ3n) is 5.96. The van der Waals surface area contributed by atoms with Gasteiger partial charge in [0, 0.05) is 33.2 Å². The highest BCUT2D eigenvalue weighted by Crippen LogP contribution is 2.23. The molecular formula is C23H30N6O2. The fourth-order valence-electron chi connectivity index (χ4n) is 4.63. The van der Waals surface area contributed by atoms with Crippen LogP contribution < -0.4 is 10.9 Å². The van der Waals surface area contributed by atoms with E-state index in [1.165, 1.54) is 29.1 Å². The topological polar surface area (TPSA) is 85.1 Å². The van der Waals surface area contributed by atoms with Gasteiger partial charge in [0.05, 0.1) is 6.20 Å². The molecule has 4 rings (SSSR count). The number of carbonyl (C=O) groups is 1. The average Bonchev–Trinajstić information content (AvgIpc) is 3.10. The van der Waals surface area contributed by atoms with Crippen LogP contribution in [-0.2, 0) is 31.5 Å². The average molecular weight is 423 g/mol. The number of hydrogen-bond donors (Lipinski definition) is 1. The predicted octanol–water partition coefficient (Wildman–Crippen LogP) is 1.92. The third kappa shape index (κ3) is 4.85. The van der Waals surface area contributed by atoms with Crippen molar-refractivity contribution in [3.8, 4) is 0 Å². The van der Waals surface area contributed by atoms with Crippen molar-refractivity contribution < 1.29 is 4.79 Å². The van der Waals surface area contributed by atoms with Crippen molar-refractivity contribution in [3.05, 3.63) is 58.3 Å². The van der Waals surface area contributed by atoms with Crippen molar-refractivity contribution in [2.24, 2.45) is 18.9 Å². The quantitative estimate of drug-likeness (QED) is 0.656. The highest BCUT2D eigenvalue weighted by Gasteiger charge is 2.22. The van der Waals surface area contributed by atoms with Gasteiger partial charge < -0.3 is 5.32 Å². The highest BCUT2D eigenvalue weighted by molar-refractivity contribution is 5.77. The van der Waals surface area contributed by atoms with Gasteiger partial charge in [0.1, 0.15) is 18.3 Å². The molecule has 3 aromatic rings. The fourth-order valence-corrected chi connectivity index (χ4v) is 4.63. The van der Waals surface area contributed by atoms with E-state index in [-0.39, 0.29) is 18.0 Å². The molecule has 1 N–H and O–H groups in total. The van der Waals surface area contributed by atoms with Gasteiger partial charge in [-0.05, 0) is 29.4 Å². The van der Waals surface area contributed by atoms with Gasteiger partial charge in [0.25, 0.3) is 5.56 Å². The van der Waals surface area contributed by atoms with Crippen LogP contribution in [0.4, 0.5) is 0 Å². The normalized spacial score (nSPS) is 19.6. The molecule has 1 fully saturated rings. The van der Waals surface area contributed by atoms with Crippen LogP contribution >= 0.6 is 0 Å². The zero-order valence-electron chi connectivity index (χ0n) is 18.4. The van der Waals surface area contributed by atoms with Crippen molar-refractivity contribution in [2.45, 2.75) is 39.9 Å². The van der Waals surface area contributed by atoms with E-state index in [2.05, 4.69) is 46.3 Å². The number of rotatable bonds is 6. The van der Waals surface area contributed by atoms with E-state index in [9.17, 15) is 9.59 Å². The second-order valence-electron chi connectivity index (χ2n) is 8.87. The fraction of sp³-hybridized carbons (Fsp3) is 0.478. The molecule has 164 valence electrons. The smallest absolute Gasteiger partial charge is 0.264 e. The van der Waals surface area contributed by atoms with E-state index < -0.39 is 0 Å². The summed E-state index contributed by atoms with van der Waals surface area (Å²) in [6, 6.07) is 8.24. The molecule has 0 saturated carbocycles. The monoisotopic (exact) mass is 422 g/mol. The van der Waals surface area contributed by atoms with Crippen molar-refractivity contribution in [1.29, 1.82) is 0 Å². The minimum absolute atomic E-state index is 0.0695. The molecule has 8 nitrogen and oxygen atoms in total. The number of carbonyl (C=O) groups excluding carboxylic acids is 1. The van der Waals surface area contributed by atoms with E-state index in [0.717, 1.165) is 25.2 Å².